The summed E-state index contributed by atoms with van der Waals surface area (Å²) in [6, 6.07) is 48.5. The number of hydrogen-bond donors (Lipinski definition) is 3. The molecule has 84 heavy (non-hydrogen) atoms. The maximum atomic E-state index is 13.0. The Kier molecular flexibility index (Phi) is 17.2. The van der Waals surface area contributed by atoms with E-state index in [9.17, 15) is 25.3 Å². The number of anilines is 2. The average molecular weight is 1220 g/mol. The van der Waals surface area contributed by atoms with Gasteiger partial charge in [-0.1, -0.05) is 48.5 Å². The van der Waals surface area contributed by atoms with Gasteiger partial charge in [0.1, 0.15) is 32.1 Å². The second-order valence-corrected chi connectivity index (χ2v) is 24.8. The summed E-state index contributed by atoms with van der Waals surface area (Å²) in [7, 11) is -5.35. The molecule has 0 atom stereocenters. The molecule has 7 aromatic carbocycles. The zero-order valence-corrected chi connectivity index (χ0v) is 48.8. The van der Waals surface area contributed by atoms with Crippen molar-refractivity contribution in [1.29, 1.82) is 0 Å². The number of nitrogens with zero attached hydrogens (tertiary/aromatic N) is 4. The molecule has 12 rings (SSSR count). The minimum atomic E-state index is -4.08. The molecule has 0 saturated carbocycles. The molecule has 5 heterocycles. The van der Waals surface area contributed by atoms with Crippen LogP contribution in [0.5, 0.6) is 46.0 Å². The van der Waals surface area contributed by atoms with E-state index in [0.717, 1.165) is 25.6 Å². The fourth-order valence-electron chi connectivity index (χ4n) is 8.42. The van der Waals surface area contributed by atoms with Crippen LogP contribution >= 0.6 is 22.7 Å². The topological polar surface area (TPSA) is 254 Å². The molecule has 0 bridgehead atoms. The number of hydrogen-bond acceptors (Lipinski definition) is 18. The molecule has 24 heteroatoms. The third-order valence-corrected chi connectivity index (χ3v) is 18.8. The number of nitrogens with one attached hydrogen (secondary N) is 2. The van der Waals surface area contributed by atoms with Gasteiger partial charge in [0.25, 0.3) is 30.2 Å². The van der Waals surface area contributed by atoms with Crippen LogP contribution in [0.2, 0.25) is 0 Å². The van der Waals surface area contributed by atoms with Crippen molar-refractivity contribution >= 4 is 106 Å². The van der Waals surface area contributed by atoms with E-state index in [1.54, 1.807) is 168 Å². The maximum Gasteiger partial charge on any atom is 0.295 e. The number of thiophene rings is 2. The Morgan fingerprint density at radius 3 is 1.50 bits per heavy atom. The van der Waals surface area contributed by atoms with Crippen molar-refractivity contribution in [2.24, 2.45) is 0 Å². The maximum absolute atomic E-state index is 13.0. The summed E-state index contributed by atoms with van der Waals surface area (Å²) in [5, 5.41) is 4.42. The van der Waals surface area contributed by atoms with Gasteiger partial charge in [-0.2, -0.15) is 8.42 Å². The molecule has 3 N–H and O–H groups in total. The first kappa shape index (κ1) is 57.8. The van der Waals surface area contributed by atoms with Crippen LogP contribution in [0.4, 0.5) is 11.4 Å². The number of fused-ring (bicyclic) bond motifs is 4. The summed E-state index contributed by atoms with van der Waals surface area (Å²) in [5.41, 5.74) is 2.81. The highest BCUT2D eigenvalue weighted by atomic mass is 32.2. The van der Waals surface area contributed by atoms with Crippen LogP contribution in [0.15, 0.2) is 214 Å². The van der Waals surface area contributed by atoms with E-state index < -0.39 is 30.2 Å². The van der Waals surface area contributed by atoms with Gasteiger partial charge in [-0.15, -0.1) is 22.7 Å². The first-order chi connectivity index (χ1) is 40.5. The van der Waals surface area contributed by atoms with Gasteiger partial charge >= 0.3 is 0 Å². The normalized spacial score (nSPS) is 11.4. The van der Waals surface area contributed by atoms with E-state index in [-0.39, 0.29) is 14.0 Å². The summed E-state index contributed by atoms with van der Waals surface area (Å²) < 4.78 is 123. The van der Waals surface area contributed by atoms with Crippen molar-refractivity contribution < 1.29 is 58.2 Å². The summed E-state index contributed by atoms with van der Waals surface area (Å²) in [6.45, 7) is 0. The minimum absolute atomic E-state index is 0.00639. The Bertz CT molecular complexity index is 4650. The van der Waals surface area contributed by atoms with Crippen molar-refractivity contribution in [3.05, 3.63) is 200 Å². The number of rotatable bonds is 16. The Morgan fingerprint density at radius 2 is 0.964 bits per heavy atom. The molecular formula is C60H48N6O13S5. The minimum Gasteiger partial charge on any atom is -0.493 e. The Hall–Kier alpha value is -9.43. The molecule has 0 spiro atoms. The summed E-state index contributed by atoms with van der Waals surface area (Å²) in [5.74, 6) is 4.94. The van der Waals surface area contributed by atoms with E-state index in [2.05, 4.69) is 29.4 Å². The standard InChI is InChI=1S/C27H22N4O5S.C25H20N2O5S2.C8H6O3S2/c1-34-25-16-22-23(17-26(25)35-2)28-14-11-24(22)36-20-9-7-19(8-10-20)31-37(32,33)21-6-3-5-18(15-21)27-29-12-4-13-30-27;1-30-22-14-19-20(15-23(22)31-2)26-12-11-21(19)32-18-9-7-17(8-10-18)27-34(28,29)25-13-16-5-3-4-6-24(16)33-25;9-13(10,11)8-5-12-7-4-2-1-3-6(7)8/h3-17,31H,1-2H3;3-15,27H,1-2H3;1-5H,(H,9,10,11). The van der Waals surface area contributed by atoms with Gasteiger partial charge in [0.2, 0.25) is 0 Å². The highest BCUT2D eigenvalue weighted by Gasteiger charge is 2.20. The molecule has 12 aromatic rings. The monoisotopic (exact) mass is 1220 g/mol. The Morgan fingerprint density at radius 1 is 0.452 bits per heavy atom. The van der Waals surface area contributed by atoms with Crippen LogP contribution in [0.25, 0.3) is 53.4 Å². The molecule has 0 aliphatic heterocycles. The van der Waals surface area contributed by atoms with Crippen molar-refractivity contribution in [2.45, 2.75) is 14.0 Å². The number of methoxy groups -OCH3 is 4. The third kappa shape index (κ3) is 13.2. The van der Waals surface area contributed by atoms with Crippen LogP contribution in [0, 0.1) is 0 Å². The van der Waals surface area contributed by atoms with Crippen molar-refractivity contribution in [1.82, 2.24) is 19.9 Å². The third-order valence-electron chi connectivity index (χ3n) is 12.4. The number of aromatic nitrogens is 4. The van der Waals surface area contributed by atoms with E-state index >= 15 is 0 Å². The zero-order valence-electron chi connectivity index (χ0n) is 44.7. The molecule has 0 saturated heterocycles. The number of pyridine rings is 2. The van der Waals surface area contributed by atoms with Gasteiger partial charge in [-0.3, -0.25) is 24.0 Å². The Balaban J connectivity index is 0.000000155. The molecule has 426 valence electrons. The fourth-order valence-corrected chi connectivity index (χ4v) is 14.0. The van der Waals surface area contributed by atoms with Crippen molar-refractivity contribution in [3.63, 3.8) is 0 Å². The molecule has 5 aromatic heterocycles. The summed E-state index contributed by atoms with van der Waals surface area (Å²) in [4.78, 5) is 17.2. The second-order valence-electron chi connectivity index (χ2n) is 17.8. The average Bonchev–Trinajstić information content (AvgIpc) is 3.79. The fraction of sp³-hybridized carbons (Fsp3) is 0.0667. The van der Waals surface area contributed by atoms with E-state index in [0.29, 0.717) is 85.2 Å². The van der Waals surface area contributed by atoms with E-state index in [1.165, 1.54) is 40.2 Å². The molecule has 0 aliphatic carbocycles. The van der Waals surface area contributed by atoms with E-state index in [4.69, 9.17) is 33.0 Å². The molecule has 0 amide bonds. The van der Waals surface area contributed by atoms with Gasteiger partial charge in [-0.25, -0.2) is 26.8 Å². The van der Waals surface area contributed by atoms with Gasteiger partial charge in [-0.05, 0) is 115 Å². The van der Waals surface area contributed by atoms with Gasteiger partial charge in [0, 0.05) is 84.8 Å². The molecule has 19 nitrogen and oxygen atoms in total. The van der Waals surface area contributed by atoms with Gasteiger partial charge in [0.15, 0.2) is 28.8 Å². The lowest BCUT2D eigenvalue weighted by molar-refractivity contribution is 0.355. The largest absolute Gasteiger partial charge is 0.493 e. The van der Waals surface area contributed by atoms with Crippen LogP contribution in [0.1, 0.15) is 0 Å². The number of sulfonamides is 2. The Labute approximate surface area is 490 Å². The first-order valence-electron chi connectivity index (χ1n) is 24.9. The molecular weight excluding hydrogens is 1170 g/mol. The quantitative estimate of drug-likeness (QED) is 0.0760. The predicted octanol–water partition coefficient (Wildman–Crippen LogP) is 13.5. The van der Waals surface area contributed by atoms with Gasteiger partial charge in [0.05, 0.1) is 44.4 Å². The predicted molar refractivity (Wildman–Crippen MR) is 325 cm³/mol. The first-order valence-corrected chi connectivity index (χ1v) is 31.1. The SMILES string of the molecule is COc1cc2nccc(Oc3ccc(NS(=O)(=O)c4cc5ccccc5s4)cc3)c2cc1OC.COc1cc2nccc(Oc3ccc(NS(=O)(=O)c4cccc(-c5ncccn5)c4)cc3)c2cc1OC.O=S(=O)(O)c1csc2ccccc12. The van der Waals surface area contributed by atoms with Crippen molar-refractivity contribution in [2.75, 3.05) is 37.9 Å². The summed E-state index contributed by atoms with van der Waals surface area (Å²) >= 11 is 2.54. The molecule has 0 aliphatic rings. The lowest BCUT2D eigenvalue weighted by Gasteiger charge is -2.13. The molecule has 0 radical (unpaired) electrons. The van der Waals surface area contributed by atoms with E-state index in [1.807, 2.05) is 42.5 Å². The lowest BCUT2D eigenvalue weighted by Crippen LogP contribution is -2.13. The molecule has 0 unspecified atom stereocenters. The van der Waals surface area contributed by atoms with Crippen LogP contribution in [-0.2, 0) is 30.2 Å². The van der Waals surface area contributed by atoms with Gasteiger partial charge < -0.3 is 28.4 Å². The molecule has 0 fully saturated rings. The zero-order chi connectivity index (χ0) is 59.0. The number of ether oxygens (including phenoxy) is 6. The van der Waals surface area contributed by atoms with Crippen LogP contribution in [-0.4, -0.2) is 78.2 Å². The van der Waals surface area contributed by atoms with Crippen LogP contribution in [0.3, 0.4) is 0 Å². The second kappa shape index (κ2) is 25.0. The smallest absolute Gasteiger partial charge is 0.295 e. The van der Waals surface area contributed by atoms with Crippen molar-refractivity contribution in [3.8, 4) is 57.4 Å². The highest BCUT2D eigenvalue weighted by Crippen LogP contribution is 2.40. The number of benzene rings is 7. The lowest BCUT2D eigenvalue weighted by atomic mass is 10.2. The highest BCUT2D eigenvalue weighted by molar-refractivity contribution is 7.94. The summed E-state index contributed by atoms with van der Waals surface area (Å²) in [6.07, 6.45) is 6.50. The van der Waals surface area contributed by atoms with Crippen LogP contribution < -0.4 is 37.9 Å².